The molecule has 0 aliphatic carbocycles. The van der Waals surface area contributed by atoms with Crippen LogP contribution in [0.1, 0.15) is 5.69 Å². The molecule has 2 amide bonds. The van der Waals surface area contributed by atoms with Gasteiger partial charge in [-0.2, -0.15) is 0 Å². The number of nitrogens with one attached hydrogen (secondary N) is 2. The van der Waals surface area contributed by atoms with Crippen LogP contribution >= 0.6 is 0 Å². The Morgan fingerprint density at radius 2 is 2.06 bits per heavy atom. The molecule has 2 N–H and O–H groups in total. The van der Waals surface area contributed by atoms with Gasteiger partial charge in [-0.05, 0) is 12.1 Å². The average Bonchev–Trinajstić information content (AvgIpc) is 2.37. The Balaban J connectivity index is 2.24. The standard InChI is InChI=1S/C12H15N3O2/c1-2-7-14-11(16)12(17)15-9-6-10-5-3-4-8-13-10/h2-5,8H,1,6-7,9H2,(H,14,16)(H,15,17). The van der Waals surface area contributed by atoms with Crippen LogP contribution in [0.25, 0.3) is 0 Å². The van der Waals surface area contributed by atoms with Gasteiger partial charge in [-0.3, -0.25) is 14.6 Å². The lowest BCUT2D eigenvalue weighted by atomic mass is 10.3. The molecule has 0 aliphatic heterocycles. The van der Waals surface area contributed by atoms with Crippen LogP contribution in [0.4, 0.5) is 0 Å². The summed E-state index contributed by atoms with van der Waals surface area (Å²) in [5.41, 5.74) is 0.874. The molecule has 0 atom stereocenters. The van der Waals surface area contributed by atoms with E-state index >= 15 is 0 Å². The summed E-state index contributed by atoms with van der Waals surface area (Å²) >= 11 is 0. The molecule has 0 saturated carbocycles. The SMILES string of the molecule is C=CCNC(=O)C(=O)NCCc1ccccn1. The van der Waals surface area contributed by atoms with E-state index in [1.54, 1.807) is 6.20 Å². The van der Waals surface area contributed by atoms with E-state index in [1.807, 2.05) is 18.2 Å². The highest BCUT2D eigenvalue weighted by Crippen LogP contribution is 1.92. The van der Waals surface area contributed by atoms with E-state index in [1.165, 1.54) is 6.08 Å². The number of aromatic nitrogens is 1. The van der Waals surface area contributed by atoms with Gasteiger partial charge in [-0.25, -0.2) is 0 Å². The fourth-order valence-corrected chi connectivity index (χ4v) is 1.18. The minimum atomic E-state index is -0.647. The fraction of sp³-hybridized carbons (Fsp3) is 0.250. The zero-order chi connectivity index (χ0) is 12.5. The number of carbonyl (C=O) groups is 2. The molecule has 0 aliphatic rings. The summed E-state index contributed by atoms with van der Waals surface area (Å²) < 4.78 is 0. The highest BCUT2D eigenvalue weighted by atomic mass is 16.2. The maximum atomic E-state index is 11.3. The van der Waals surface area contributed by atoms with E-state index in [0.29, 0.717) is 13.0 Å². The Bertz CT molecular complexity index is 390. The fourth-order valence-electron chi connectivity index (χ4n) is 1.18. The van der Waals surface area contributed by atoms with Gasteiger partial charge in [0.05, 0.1) is 0 Å². The third-order valence-corrected chi connectivity index (χ3v) is 2.01. The summed E-state index contributed by atoms with van der Waals surface area (Å²) in [5, 5.41) is 4.91. The van der Waals surface area contributed by atoms with Crippen molar-refractivity contribution in [2.24, 2.45) is 0 Å². The first kappa shape index (κ1) is 12.9. The van der Waals surface area contributed by atoms with Crippen LogP contribution in [0.2, 0.25) is 0 Å². The van der Waals surface area contributed by atoms with E-state index in [4.69, 9.17) is 0 Å². The van der Waals surface area contributed by atoms with Crippen molar-refractivity contribution in [3.05, 3.63) is 42.7 Å². The molecule has 90 valence electrons. The van der Waals surface area contributed by atoms with Gasteiger partial charge in [-0.1, -0.05) is 12.1 Å². The molecule has 0 bridgehead atoms. The molecule has 1 aromatic heterocycles. The van der Waals surface area contributed by atoms with Crippen LogP contribution < -0.4 is 10.6 Å². The second-order valence-electron chi connectivity index (χ2n) is 3.33. The minimum absolute atomic E-state index is 0.284. The number of rotatable bonds is 5. The maximum absolute atomic E-state index is 11.3. The van der Waals surface area contributed by atoms with Gasteiger partial charge < -0.3 is 10.6 Å². The number of carbonyl (C=O) groups excluding carboxylic acids is 2. The summed E-state index contributed by atoms with van der Waals surface area (Å²) in [6, 6.07) is 5.57. The first-order chi connectivity index (χ1) is 8.24. The number of amides is 2. The van der Waals surface area contributed by atoms with Gasteiger partial charge in [0.25, 0.3) is 0 Å². The average molecular weight is 233 g/mol. The molecular formula is C12H15N3O2. The van der Waals surface area contributed by atoms with Gasteiger partial charge in [0, 0.05) is 31.4 Å². The Morgan fingerprint density at radius 3 is 2.71 bits per heavy atom. The predicted octanol–water partition coefficient (Wildman–Crippen LogP) is 0.0425. The van der Waals surface area contributed by atoms with Gasteiger partial charge in [0.15, 0.2) is 0 Å². The quantitative estimate of drug-likeness (QED) is 0.557. The molecule has 0 spiro atoms. The molecule has 0 fully saturated rings. The number of hydrogen-bond donors (Lipinski definition) is 2. The summed E-state index contributed by atoms with van der Waals surface area (Å²) in [5.74, 6) is -1.28. The van der Waals surface area contributed by atoms with E-state index in [2.05, 4.69) is 22.2 Å². The molecule has 0 aromatic carbocycles. The third kappa shape index (κ3) is 4.92. The lowest BCUT2D eigenvalue weighted by molar-refractivity contribution is -0.139. The van der Waals surface area contributed by atoms with Crippen molar-refractivity contribution in [2.45, 2.75) is 6.42 Å². The van der Waals surface area contributed by atoms with Crippen LogP contribution in [0, 0.1) is 0 Å². The van der Waals surface area contributed by atoms with Crippen molar-refractivity contribution in [3.63, 3.8) is 0 Å². The maximum Gasteiger partial charge on any atom is 0.309 e. The normalized spacial score (nSPS) is 9.41. The van der Waals surface area contributed by atoms with Crippen LogP contribution in [0.3, 0.4) is 0 Å². The molecule has 0 radical (unpaired) electrons. The summed E-state index contributed by atoms with van der Waals surface area (Å²) in [7, 11) is 0. The van der Waals surface area contributed by atoms with Crippen molar-refractivity contribution < 1.29 is 9.59 Å². The van der Waals surface area contributed by atoms with E-state index in [0.717, 1.165) is 5.69 Å². The van der Waals surface area contributed by atoms with Gasteiger partial charge in [-0.15, -0.1) is 6.58 Å². The van der Waals surface area contributed by atoms with Crippen LogP contribution in [-0.4, -0.2) is 29.9 Å². The van der Waals surface area contributed by atoms with Crippen molar-refractivity contribution in [1.29, 1.82) is 0 Å². The van der Waals surface area contributed by atoms with Gasteiger partial charge >= 0.3 is 11.8 Å². The Hall–Kier alpha value is -2.17. The zero-order valence-corrected chi connectivity index (χ0v) is 9.48. The van der Waals surface area contributed by atoms with Crippen molar-refractivity contribution in [1.82, 2.24) is 15.6 Å². The Labute approximate surface area is 99.9 Å². The van der Waals surface area contributed by atoms with Gasteiger partial charge in [0.1, 0.15) is 0 Å². The first-order valence-electron chi connectivity index (χ1n) is 5.31. The molecule has 1 rings (SSSR count). The molecule has 0 saturated heterocycles. The van der Waals surface area contributed by atoms with Crippen molar-refractivity contribution in [2.75, 3.05) is 13.1 Å². The molecule has 1 heterocycles. The summed E-state index contributed by atoms with van der Waals surface area (Å²) in [6.45, 7) is 4.11. The van der Waals surface area contributed by atoms with E-state index in [-0.39, 0.29) is 6.54 Å². The van der Waals surface area contributed by atoms with Crippen molar-refractivity contribution >= 4 is 11.8 Å². The molecular weight excluding hydrogens is 218 g/mol. The Kier molecular flexibility index (Phi) is 5.43. The number of pyridine rings is 1. The first-order valence-corrected chi connectivity index (χ1v) is 5.31. The zero-order valence-electron chi connectivity index (χ0n) is 9.48. The second kappa shape index (κ2) is 7.16. The van der Waals surface area contributed by atoms with E-state index in [9.17, 15) is 9.59 Å². The third-order valence-electron chi connectivity index (χ3n) is 2.01. The van der Waals surface area contributed by atoms with Gasteiger partial charge in [0.2, 0.25) is 0 Å². The largest absolute Gasteiger partial charge is 0.347 e. The molecule has 1 aromatic rings. The highest BCUT2D eigenvalue weighted by molar-refractivity contribution is 6.35. The highest BCUT2D eigenvalue weighted by Gasteiger charge is 2.10. The lowest BCUT2D eigenvalue weighted by Crippen LogP contribution is -2.40. The van der Waals surface area contributed by atoms with Crippen molar-refractivity contribution in [3.8, 4) is 0 Å². The minimum Gasteiger partial charge on any atom is -0.347 e. The Morgan fingerprint density at radius 1 is 1.29 bits per heavy atom. The second-order valence-corrected chi connectivity index (χ2v) is 3.33. The summed E-state index contributed by atoms with van der Waals surface area (Å²) in [4.78, 5) is 26.5. The molecule has 0 unspecified atom stereocenters. The monoisotopic (exact) mass is 233 g/mol. The number of nitrogens with zero attached hydrogens (tertiary/aromatic N) is 1. The van der Waals surface area contributed by atoms with Crippen LogP contribution in [0.5, 0.6) is 0 Å². The summed E-state index contributed by atoms with van der Waals surface area (Å²) in [6.07, 6.45) is 3.80. The van der Waals surface area contributed by atoms with E-state index < -0.39 is 11.8 Å². The molecule has 5 heteroatoms. The topological polar surface area (TPSA) is 71.1 Å². The number of hydrogen-bond acceptors (Lipinski definition) is 3. The lowest BCUT2D eigenvalue weighted by Gasteiger charge is -2.04. The van der Waals surface area contributed by atoms with Crippen LogP contribution in [0.15, 0.2) is 37.1 Å². The molecule has 17 heavy (non-hydrogen) atoms. The predicted molar refractivity (Wildman–Crippen MR) is 64.2 cm³/mol. The molecule has 5 nitrogen and oxygen atoms in total. The smallest absolute Gasteiger partial charge is 0.309 e. The van der Waals surface area contributed by atoms with Crippen LogP contribution in [-0.2, 0) is 16.0 Å².